The van der Waals surface area contributed by atoms with Gasteiger partial charge in [-0.3, -0.25) is 4.98 Å². The van der Waals surface area contributed by atoms with Crippen LogP contribution in [0.4, 0.5) is 5.82 Å². The second kappa shape index (κ2) is 10.3. The van der Waals surface area contributed by atoms with E-state index in [4.69, 9.17) is 9.72 Å². The number of benzene rings is 3. The van der Waals surface area contributed by atoms with Crippen LogP contribution in [0.3, 0.4) is 0 Å². The van der Waals surface area contributed by atoms with Crippen LogP contribution in [0.1, 0.15) is 15.9 Å². The minimum atomic E-state index is -4.26. The summed E-state index contributed by atoms with van der Waals surface area (Å²) >= 11 is 0. The molecular weight excluding hydrogens is 502 g/mol. The van der Waals surface area contributed by atoms with Crippen LogP contribution in [0.5, 0.6) is 5.75 Å². The second-order valence-electron chi connectivity index (χ2n) is 8.46. The second-order valence-corrected chi connectivity index (χ2v) is 10.3. The van der Waals surface area contributed by atoms with Gasteiger partial charge in [-0.2, -0.15) is 0 Å². The number of para-hydroxylation sites is 1. The van der Waals surface area contributed by atoms with Crippen molar-refractivity contribution in [1.82, 2.24) is 9.97 Å². The molecule has 0 aliphatic rings. The van der Waals surface area contributed by atoms with Crippen molar-refractivity contribution in [3.8, 4) is 16.9 Å². The van der Waals surface area contributed by atoms with Gasteiger partial charge in [-0.05, 0) is 47.5 Å². The number of aromatic nitrogens is 2. The Morgan fingerprint density at radius 2 is 1.71 bits per heavy atom. The average molecular weight is 526 g/mol. The lowest BCUT2D eigenvalue weighted by Gasteiger charge is -2.25. The highest BCUT2D eigenvalue weighted by atomic mass is 32.2. The Morgan fingerprint density at radius 1 is 0.947 bits per heavy atom. The highest BCUT2D eigenvalue weighted by Gasteiger charge is 2.31. The highest BCUT2D eigenvalue weighted by Crippen LogP contribution is 2.34. The Kier molecular flexibility index (Phi) is 6.76. The lowest BCUT2D eigenvalue weighted by Crippen LogP contribution is -2.33. The number of aromatic carboxylic acids is 1. The van der Waals surface area contributed by atoms with Gasteiger partial charge in [-0.15, -0.1) is 0 Å². The fraction of sp³-hybridized carbons (Fsp3) is 0.0690. The highest BCUT2D eigenvalue weighted by molar-refractivity contribution is 7.92. The Bertz CT molecular complexity index is 1710. The van der Waals surface area contributed by atoms with Crippen molar-refractivity contribution in [1.29, 1.82) is 0 Å². The normalized spacial score (nSPS) is 11.3. The van der Waals surface area contributed by atoms with Gasteiger partial charge in [-0.25, -0.2) is 22.5 Å². The van der Waals surface area contributed by atoms with Gasteiger partial charge in [0.25, 0.3) is 10.0 Å². The number of pyridine rings is 2. The van der Waals surface area contributed by atoms with E-state index in [0.717, 1.165) is 15.4 Å². The van der Waals surface area contributed by atoms with E-state index in [2.05, 4.69) is 4.98 Å². The van der Waals surface area contributed by atoms with Gasteiger partial charge >= 0.3 is 5.97 Å². The van der Waals surface area contributed by atoms with Gasteiger partial charge in [0.1, 0.15) is 11.3 Å². The summed E-state index contributed by atoms with van der Waals surface area (Å²) in [5.74, 6) is -0.987. The summed E-state index contributed by atoms with van der Waals surface area (Å²) in [4.78, 5) is 21.2. The van der Waals surface area contributed by atoms with Crippen molar-refractivity contribution in [3.63, 3.8) is 0 Å². The Hall–Kier alpha value is -4.76. The summed E-state index contributed by atoms with van der Waals surface area (Å²) in [5.41, 5.74) is 2.45. The number of rotatable bonds is 8. The minimum absolute atomic E-state index is 0.0308. The van der Waals surface area contributed by atoms with Crippen molar-refractivity contribution >= 4 is 32.7 Å². The number of carboxylic acids is 1. The fourth-order valence-corrected chi connectivity index (χ4v) is 5.61. The SMILES string of the molecule is COc1ccc(S(=O)(=O)N(Cc2cccnc2)c2nc3c(-c4ccccc4)cccc3cc2C(=O)O)cc1. The van der Waals surface area contributed by atoms with Crippen LogP contribution in [-0.4, -0.2) is 36.6 Å². The van der Waals surface area contributed by atoms with Crippen LogP contribution in [0, 0.1) is 0 Å². The maximum Gasteiger partial charge on any atom is 0.339 e. The van der Waals surface area contributed by atoms with Crippen molar-refractivity contribution in [2.75, 3.05) is 11.4 Å². The predicted molar refractivity (Wildman–Crippen MR) is 145 cm³/mol. The summed E-state index contributed by atoms with van der Waals surface area (Å²) in [5, 5.41) is 10.7. The van der Waals surface area contributed by atoms with Gasteiger partial charge in [0.05, 0.1) is 24.1 Å². The first-order valence-corrected chi connectivity index (χ1v) is 13.1. The molecule has 0 saturated heterocycles. The summed E-state index contributed by atoms with van der Waals surface area (Å²) in [7, 11) is -2.77. The third kappa shape index (κ3) is 4.79. The van der Waals surface area contributed by atoms with Gasteiger partial charge in [0, 0.05) is 23.3 Å². The third-order valence-corrected chi connectivity index (χ3v) is 7.82. The molecule has 2 aromatic heterocycles. The molecule has 9 heteroatoms. The third-order valence-electron chi connectivity index (χ3n) is 6.07. The standard InChI is InChI=1S/C29H23N3O5S/c1-37-23-12-14-24(15-13-23)38(35,36)32(19-20-7-6-16-30-18-20)28-26(29(33)34)17-22-10-5-11-25(27(22)31-28)21-8-3-2-4-9-21/h2-18H,19H2,1H3,(H,33,34). The number of anilines is 1. The molecule has 3 aromatic carbocycles. The smallest absolute Gasteiger partial charge is 0.339 e. The molecule has 38 heavy (non-hydrogen) atoms. The lowest BCUT2D eigenvalue weighted by molar-refractivity contribution is 0.0697. The molecule has 0 spiro atoms. The average Bonchev–Trinajstić information content (AvgIpc) is 2.96. The number of fused-ring (bicyclic) bond motifs is 1. The van der Waals surface area contributed by atoms with Crippen molar-refractivity contribution in [2.24, 2.45) is 0 Å². The molecule has 0 amide bonds. The molecule has 2 heterocycles. The van der Waals surface area contributed by atoms with E-state index in [-0.39, 0.29) is 22.8 Å². The molecule has 8 nitrogen and oxygen atoms in total. The molecule has 0 fully saturated rings. The molecule has 0 saturated carbocycles. The first-order chi connectivity index (χ1) is 18.4. The number of ether oxygens (including phenoxy) is 1. The van der Waals surface area contributed by atoms with Crippen molar-refractivity contribution in [2.45, 2.75) is 11.4 Å². The van der Waals surface area contributed by atoms with Crippen LogP contribution >= 0.6 is 0 Å². The van der Waals surface area contributed by atoms with Gasteiger partial charge in [0.15, 0.2) is 5.82 Å². The van der Waals surface area contributed by atoms with Crippen LogP contribution in [0.25, 0.3) is 22.0 Å². The largest absolute Gasteiger partial charge is 0.497 e. The van der Waals surface area contributed by atoms with Crippen LogP contribution in [0.2, 0.25) is 0 Å². The van der Waals surface area contributed by atoms with E-state index in [1.54, 1.807) is 24.4 Å². The van der Waals surface area contributed by atoms with Crippen molar-refractivity contribution < 1.29 is 23.1 Å². The van der Waals surface area contributed by atoms with Crippen LogP contribution in [-0.2, 0) is 16.6 Å². The first kappa shape index (κ1) is 24.9. The van der Waals surface area contributed by atoms with Gasteiger partial charge in [0.2, 0.25) is 0 Å². The molecule has 5 aromatic rings. The topological polar surface area (TPSA) is 110 Å². The Balaban J connectivity index is 1.77. The lowest BCUT2D eigenvalue weighted by atomic mass is 10.0. The molecular formula is C29H23N3O5S. The molecule has 190 valence electrons. The zero-order valence-electron chi connectivity index (χ0n) is 20.4. The monoisotopic (exact) mass is 525 g/mol. The van der Waals surface area contributed by atoms with E-state index >= 15 is 0 Å². The van der Waals surface area contributed by atoms with Gasteiger partial charge < -0.3 is 9.84 Å². The molecule has 0 unspecified atom stereocenters. The number of carbonyl (C=O) groups is 1. The van der Waals surface area contributed by atoms with E-state index < -0.39 is 16.0 Å². The van der Waals surface area contributed by atoms with Gasteiger partial charge in [-0.1, -0.05) is 54.6 Å². The van der Waals surface area contributed by atoms with E-state index in [1.807, 2.05) is 42.5 Å². The van der Waals surface area contributed by atoms with Crippen molar-refractivity contribution in [3.05, 3.63) is 115 Å². The van der Waals surface area contributed by atoms with E-state index in [1.165, 1.54) is 43.6 Å². The Labute approximate surface area is 219 Å². The quantitative estimate of drug-likeness (QED) is 0.289. The molecule has 0 bridgehead atoms. The Morgan fingerprint density at radius 3 is 2.37 bits per heavy atom. The molecule has 5 rings (SSSR count). The number of sulfonamides is 1. The maximum atomic E-state index is 14.0. The summed E-state index contributed by atoms with van der Waals surface area (Å²) < 4.78 is 34.3. The minimum Gasteiger partial charge on any atom is -0.497 e. The summed E-state index contributed by atoms with van der Waals surface area (Å²) in [6.07, 6.45) is 3.11. The molecule has 0 atom stereocenters. The molecule has 0 aliphatic heterocycles. The zero-order chi connectivity index (χ0) is 26.7. The van der Waals surface area contributed by atoms with Crippen LogP contribution < -0.4 is 9.04 Å². The number of carboxylic acid groups (broad SMARTS) is 1. The summed E-state index contributed by atoms with van der Waals surface area (Å²) in [6.45, 7) is -0.172. The molecule has 0 aliphatic carbocycles. The number of hydrogen-bond acceptors (Lipinski definition) is 6. The molecule has 1 N–H and O–H groups in total. The van der Waals surface area contributed by atoms with E-state index in [9.17, 15) is 18.3 Å². The predicted octanol–water partition coefficient (Wildman–Crippen LogP) is 5.40. The zero-order valence-corrected chi connectivity index (χ0v) is 21.2. The summed E-state index contributed by atoms with van der Waals surface area (Å²) in [6, 6.07) is 25.8. The van der Waals surface area contributed by atoms with E-state index in [0.29, 0.717) is 22.2 Å². The first-order valence-electron chi connectivity index (χ1n) is 11.7. The van der Waals surface area contributed by atoms with Crippen LogP contribution in [0.15, 0.2) is 108 Å². The number of methoxy groups -OCH3 is 1. The fourth-order valence-electron chi connectivity index (χ4n) is 4.19. The molecule has 0 radical (unpaired) electrons. The maximum absolute atomic E-state index is 14.0. The number of nitrogens with zero attached hydrogens (tertiary/aromatic N) is 3. The number of hydrogen-bond donors (Lipinski definition) is 1.